The zero-order valence-corrected chi connectivity index (χ0v) is 45.8. The first-order valence-corrected chi connectivity index (χ1v) is 29.7. The van der Waals surface area contributed by atoms with Crippen LogP contribution in [0.4, 0.5) is 34.1 Å². The Kier molecular flexibility index (Phi) is 9.76. The van der Waals surface area contributed by atoms with Gasteiger partial charge in [-0.3, -0.25) is 0 Å². The molecule has 1 spiro atoms. The van der Waals surface area contributed by atoms with E-state index in [0.29, 0.717) is 0 Å². The average Bonchev–Trinajstić information content (AvgIpc) is 1.39. The van der Waals surface area contributed by atoms with Crippen LogP contribution < -0.4 is 14.5 Å². The molecule has 0 saturated carbocycles. The summed E-state index contributed by atoms with van der Waals surface area (Å²) in [6, 6.07) is 104. The van der Waals surface area contributed by atoms with Crippen molar-refractivity contribution in [3.8, 4) is 22.6 Å². The Morgan fingerprint density at radius 3 is 1.04 bits per heavy atom. The molecule has 0 fully saturated rings. The van der Waals surface area contributed by atoms with E-state index in [1.54, 1.807) is 0 Å². The van der Waals surface area contributed by atoms with Gasteiger partial charge in [-0.05, 0) is 127 Å². The molecule has 3 nitrogen and oxygen atoms in total. The minimum Gasteiger partial charge on any atom is -0.455 e. The fourth-order valence-corrected chi connectivity index (χ4v) is 16.8. The van der Waals surface area contributed by atoms with Crippen LogP contribution >= 0.6 is 22.7 Å². The molecular weight excluding hydrogens is 1030 g/mol. The summed E-state index contributed by atoms with van der Waals surface area (Å²) in [5.74, 6) is 1.78. The van der Waals surface area contributed by atoms with E-state index in [-0.39, 0.29) is 0 Å². The van der Waals surface area contributed by atoms with E-state index in [2.05, 4.69) is 289 Å². The third-order valence-electron chi connectivity index (χ3n) is 17.6. The highest BCUT2D eigenvalue weighted by Gasteiger charge is 2.54. The van der Waals surface area contributed by atoms with Gasteiger partial charge in [-0.1, -0.05) is 206 Å². The number of thiophene rings is 2. The minimum absolute atomic E-state index is 0.891. The predicted octanol–water partition coefficient (Wildman–Crippen LogP) is 22.4. The van der Waals surface area contributed by atoms with Gasteiger partial charge in [0.05, 0.1) is 26.2 Å². The second-order valence-electron chi connectivity index (χ2n) is 21.7. The number of benzene rings is 14. The van der Waals surface area contributed by atoms with Gasteiger partial charge in [0.2, 0.25) is 0 Å². The highest BCUT2D eigenvalue weighted by molar-refractivity contribution is 7.26. The van der Waals surface area contributed by atoms with E-state index >= 15 is 0 Å². The van der Waals surface area contributed by atoms with Crippen LogP contribution in [-0.4, -0.2) is 0 Å². The van der Waals surface area contributed by atoms with Crippen molar-refractivity contribution in [1.29, 1.82) is 0 Å². The molecule has 2 aromatic heterocycles. The topological polar surface area (TPSA) is 15.7 Å². The number of rotatable bonds is 6. The van der Waals surface area contributed by atoms with Gasteiger partial charge >= 0.3 is 0 Å². The largest absolute Gasteiger partial charge is 0.455 e. The van der Waals surface area contributed by atoms with Crippen molar-refractivity contribution >= 4 is 140 Å². The summed E-state index contributed by atoms with van der Waals surface area (Å²) in [5.41, 5.74) is 12.8. The second-order valence-corrected chi connectivity index (χ2v) is 23.9. The van der Waals surface area contributed by atoms with E-state index in [1.165, 1.54) is 94.9 Å². The SMILES string of the molecule is c1ccc(N(c2ccc3c(c2)C2(c4cc(N(c5ccccc5)c5cccc6c5sc5ccccc56)ccc4-3)c3c(c4ccccc4c4ccccc34)Oc3c2c2ccccc2c2ccccc32)c2cccc3c2sc2ccccc23)cc1. The third-order valence-corrected chi connectivity index (χ3v) is 20.0. The molecule has 0 unspecified atom stereocenters. The molecule has 0 N–H and O–H groups in total. The summed E-state index contributed by atoms with van der Waals surface area (Å²) in [7, 11) is 0. The number of para-hydroxylation sites is 2. The lowest BCUT2D eigenvalue weighted by atomic mass is 9.62. The monoisotopic (exact) mass is 1080 g/mol. The molecule has 0 amide bonds. The highest BCUT2D eigenvalue weighted by atomic mass is 32.1. The van der Waals surface area contributed by atoms with Gasteiger partial charge in [0.1, 0.15) is 11.5 Å². The summed E-state index contributed by atoms with van der Waals surface area (Å²) in [6.45, 7) is 0. The summed E-state index contributed by atoms with van der Waals surface area (Å²) in [6.07, 6.45) is 0. The second kappa shape index (κ2) is 17.5. The standard InChI is InChI=1S/C77H46N2OS2/c1-3-21-47(22-4-1)78(67-37-19-35-63-57-29-15-17-39-69(57)81-75(63)67)49-41-43-55-56-44-42-50(79(48-23-5-2-6-24-48)68-38-20-36-64-58-30-16-18-40-70(58)82-76(64)68)46-66(56)77(65(55)45-49)71-59-31-11-7-25-51(59)53-27-9-13-33-61(53)73(71)80-74-62-34-14-10-28-54(62)52-26-8-12-32-60(52)72(74)77/h1-46H. The third kappa shape index (κ3) is 6.29. The Labute approximate surface area is 481 Å². The number of fused-ring (bicyclic) bond motifs is 25. The van der Waals surface area contributed by atoms with Gasteiger partial charge in [0.25, 0.3) is 0 Å². The molecule has 1 aliphatic carbocycles. The smallest absolute Gasteiger partial charge is 0.140 e. The molecule has 5 heteroatoms. The number of nitrogens with zero attached hydrogens (tertiary/aromatic N) is 2. The van der Waals surface area contributed by atoms with Crippen LogP contribution in [0.1, 0.15) is 22.3 Å². The molecule has 0 saturated heterocycles. The van der Waals surface area contributed by atoms with Crippen molar-refractivity contribution in [2.45, 2.75) is 5.41 Å². The lowest BCUT2D eigenvalue weighted by Crippen LogP contribution is -2.33. The van der Waals surface area contributed by atoms with Gasteiger partial charge in [-0.2, -0.15) is 0 Å². The van der Waals surface area contributed by atoms with Crippen LogP contribution in [0, 0.1) is 0 Å². The fraction of sp³-hybridized carbons (Fsp3) is 0.0130. The zero-order valence-electron chi connectivity index (χ0n) is 44.2. The van der Waals surface area contributed by atoms with Crippen LogP contribution in [0.3, 0.4) is 0 Å². The highest BCUT2D eigenvalue weighted by Crippen LogP contribution is 2.68. The Balaban J connectivity index is 1.02. The molecule has 0 bridgehead atoms. The zero-order chi connectivity index (χ0) is 53.6. The van der Waals surface area contributed by atoms with Crippen LogP contribution in [0.15, 0.2) is 279 Å². The van der Waals surface area contributed by atoms with E-state index in [4.69, 9.17) is 4.74 Å². The van der Waals surface area contributed by atoms with Gasteiger partial charge in [0, 0.05) is 75.6 Å². The summed E-state index contributed by atoms with van der Waals surface area (Å²) in [5, 5.41) is 14.3. The first-order valence-electron chi connectivity index (χ1n) is 28.1. The molecule has 1 aliphatic heterocycles. The average molecular weight is 1080 g/mol. The lowest BCUT2D eigenvalue weighted by Gasteiger charge is -2.42. The molecule has 0 atom stereocenters. The summed E-state index contributed by atoms with van der Waals surface area (Å²) >= 11 is 3.74. The number of hydrogen-bond donors (Lipinski definition) is 0. The quantitative estimate of drug-likeness (QED) is 0.154. The number of anilines is 6. The van der Waals surface area contributed by atoms with E-state index in [0.717, 1.165) is 67.5 Å². The molecule has 14 aromatic carbocycles. The van der Waals surface area contributed by atoms with Crippen molar-refractivity contribution < 1.29 is 4.74 Å². The molecule has 82 heavy (non-hydrogen) atoms. The van der Waals surface area contributed by atoms with Crippen LogP contribution in [0.5, 0.6) is 11.5 Å². The molecule has 16 aromatic rings. The molecule has 0 radical (unpaired) electrons. The van der Waals surface area contributed by atoms with Crippen molar-refractivity contribution in [1.82, 2.24) is 0 Å². The molecule has 2 aliphatic rings. The van der Waals surface area contributed by atoms with E-state index in [9.17, 15) is 0 Å². The van der Waals surface area contributed by atoms with Gasteiger partial charge in [-0.25, -0.2) is 0 Å². The molecular formula is C77H46N2OS2. The van der Waals surface area contributed by atoms with Crippen molar-refractivity contribution in [2.24, 2.45) is 0 Å². The van der Waals surface area contributed by atoms with Crippen LogP contribution in [0.25, 0.3) is 94.6 Å². The summed E-state index contributed by atoms with van der Waals surface area (Å²) < 4.78 is 13.0. The van der Waals surface area contributed by atoms with Gasteiger partial charge in [-0.15, -0.1) is 22.7 Å². The van der Waals surface area contributed by atoms with Crippen LogP contribution in [-0.2, 0) is 5.41 Å². The Hall–Kier alpha value is -10.0. The summed E-state index contributed by atoms with van der Waals surface area (Å²) in [4.78, 5) is 5.00. The van der Waals surface area contributed by atoms with Crippen LogP contribution in [0.2, 0.25) is 0 Å². The molecule has 18 rings (SSSR count). The number of hydrogen-bond acceptors (Lipinski definition) is 5. The van der Waals surface area contributed by atoms with E-state index < -0.39 is 5.41 Å². The molecule has 3 heterocycles. The normalized spacial score (nSPS) is 13.1. The van der Waals surface area contributed by atoms with Crippen molar-refractivity contribution in [3.63, 3.8) is 0 Å². The minimum atomic E-state index is -0.954. The maximum Gasteiger partial charge on any atom is 0.140 e. The Bertz CT molecular complexity index is 5020. The molecule has 382 valence electrons. The van der Waals surface area contributed by atoms with Crippen molar-refractivity contribution in [2.75, 3.05) is 9.80 Å². The predicted molar refractivity (Wildman–Crippen MR) is 349 cm³/mol. The Morgan fingerprint density at radius 2 is 0.610 bits per heavy atom. The fourth-order valence-electron chi connectivity index (χ4n) is 14.3. The first-order chi connectivity index (χ1) is 40.7. The first kappa shape index (κ1) is 45.8. The van der Waals surface area contributed by atoms with Gasteiger partial charge in [0.15, 0.2) is 0 Å². The maximum absolute atomic E-state index is 7.91. The Morgan fingerprint density at radius 1 is 0.268 bits per heavy atom. The number of ether oxygens (including phenoxy) is 1. The lowest BCUT2D eigenvalue weighted by molar-refractivity contribution is 0.451. The van der Waals surface area contributed by atoms with Gasteiger partial charge < -0.3 is 14.5 Å². The van der Waals surface area contributed by atoms with E-state index in [1.807, 2.05) is 22.7 Å². The maximum atomic E-state index is 7.91. The van der Waals surface area contributed by atoms with Crippen molar-refractivity contribution in [3.05, 3.63) is 301 Å².